The van der Waals surface area contributed by atoms with E-state index in [0.29, 0.717) is 36.9 Å². The number of nitrogens with two attached hydrogens (primary N) is 1. The Kier molecular flexibility index (Phi) is 6.42. The van der Waals surface area contributed by atoms with Crippen LogP contribution in [0.1, 0.15) is 57.1 Å². The van der Waals surface area contributed by atoms with Crippen LogP contribution in [0.3, 0.4) is 0 Å². The summed E-state index contributed by atoms with van der Waals surface area (Å²) in [6.07, 6.45) is 7.62. The third-order valence-corrected chi connectivity index (χ3v) is 5.94. The maximum absolute atomic E-state index is 12.2. The van der Waals surface area contributed by atoms with Gasteiger partial charge in [0.15, 0.2) is 5.82 Å². The number of nitrogen functional groups attached to an aromatic ring is 1. The SMILES string of the molecule is CC(CCCCCCC(=O)N1CCOCC1)c1ccc2nc(N)c3ncnc3c2[nH]1. The smallest absolute Gasteiger partial charge is 0.222 e. The lowest BCUT2D eigenvalue weighted by molar-refractivity contribution is -0.135. The number of rotatable bonds is 8. The van der Waals surface area contributed by atoms with Gasteiger partial charge in [-0.1, -0.05) is 26.2 Å². The maximum atomic E-state index is 12.2. The van der Waals surface area contributed by atoms with E-state index in [0.717, 1.165) is 61.7 Å². The van der Waals surface area contributed by atoms with E-state index in [1.807, 2.05) is 11.0 Å². The normalized spacial score (nSPS) is 15.7. The summed E-state index contributed by atoms with van der Waals surface area (Å²) in [4.78, 5) is 30.6. The van der Waals surface area contributed by atoms with Crippen molar-refractivity contribution >= 4 is 33.8 Å². The van der Waals surface area contributed by atoms with Gasteiger partial charge >= 0.3 is 0 Å². The van der Waals surface area contributed by atoms with Crippen LogP contribution in [0.2, 0.25) is 0 Å². The number of carbonyl (C=O) groups excluding carboxylic acids is 1. The summed E-state index contributed by atoms with van der Waals surface area (Å²) in [5, 5.41) is 0. The molecule has 1 aliphatic heterocycles. The minimum absolute atomic E-state index is 0.272. The van der Waals surface area contributed by atoms with Gasteiger partial charge in [0.1, 0.15) is 17.4 Å². The highest BCUT2D eigenvalue weighted by atomic mass is 16.5. The number of anilines is 1. The third-order valence-electron chi connectivity index (χ3n) is 5.94. The van der Waals surface area contributed by atoms with Crippen molar-refractivity contribution in [3.8, 4) is 0 Å². The van der Waals surface area contributed by atoms with E-state index < -0.39 is 0 Å². The lowest BCUT2D eigenvalue weighted by atomic mass is 9.98. The number of aromatic amines is 1. The summed E-state index contributed by atoms with van der Waals surface area (Å²) in [6, 6.07) is 4.09. The standard InChI is InChI=1S/C22H30N6O2/c1-15(6-4-2-3-5-7-18(29)28-10-12-30-13-11-28)16-8-9-17-19(26-16)20-21(22(23)27-17)25-14-24-20/h8-9,14-15,26H,2-7,10-13H2,1H3,(H2,23,27). The number of hydrogen-bond donors (Lipinski definition) is 2. The first kappa shape index (κ1) is 20.5. The van der Waals surface area contributed by atoms with Crippen molar-refractivity contribution in [2.75, 3.05) is 32.0 Å². The van der Waals surface area contributed by atoms with Gasteiger partial charge in [-0.05, 0) is 30.9 Å². The van der Waals surface area contributed by atoms with Crippen LogP contribution in [0.15, 0.2) is 18.5 Å². The Morgan fingerprint density at radius 2 is 1.93 bits per heavy atom. The number of aromatic nitrogens is 4. The van der Waals surface area contributed by atoms with Crippen molar-refractivity contribution in [2.24, 2.45) is 0 Å². The average Bonchev–Trinajstić information content (AvgIpc) is 3.27. The van der Waals surface area contributed by atoms with Crippen molar-refractivity contribution in [1.82, 2.24) is 24.8 Å². The molecule has 0 spiro atoms. The summed E-state index contributed by atoms with van der Waals surface area (Å²) in [7, 11) is 0. The number of morpholine rings is 1. The molecule has 0 aromatic carbocycles. The number of fused-ring (bicyclic) bond motifs is 3. The van der Waals surface area contributed by atoms with Crippen molar-refractivity contribution in [3.05, 3.63) is 24.2 Å². The van der Waals surface area contributed by atoms with Crippen LogP contribution < -0.4 is 5.73 Å². The lowest BCUT2D eigenvalue weighted by Crippen LogP contribution is -2.40. The van der Waals surface area contributed by atoms with Crippen molar-refractivity contribution in [1.29, 1.82) is 0 Å². The highest BCUT2D eigenvalue weighted by Crippen LogP contribution is 2.27. The largest absolute Gasteiger partial charge is 0.382 e. The predicted octanol–water partition coefficient (Wildman–Crippen LogP) is 3.39. The molecular formula is C22H30N6O2. The molecule has 3 aromatic heterocycles. The molecule has 4 rings (SSSR count). The number of pyridine rings is 2. The number of ether oxygens (including phenoxy) is 1. The van der Waals surface area contributed by atoms with Gasteiger partial charge in [-0.2, -0.15) is 0 Å². The van der Waals surface area contributed by atoms with E-state index in [9.17, 15) is 4.79 Å². The zero-order valence-electron chi connectivity index (χ0n) is 17.6. The molecule has 1 unspecified atom stereocenters. The quantitative estimate of drug-likeness (QED) is 0.551. The van der Waals surface area contributed by atoms with Crippen molar-refractivity contribution < 1.29 is 9.53 Å². The Morgan fingerprint density at radius 1 is 1.17 bits per heavy atom. The first-order chi connectivity index (χ1) is 14.6. The minimum Gasteiger partial charge on any atom is -0.382 e. The predicted molar refractivity (Wildman–Crippen MR) is 117 cm³/mol. The fourth-order valence-electron chi connectivity index (χ4n) is 4.09. The topological polar surface area (TPSA) is 110 Å². The second kappa shape index (κ2) is 9.38. The Morgan fingerprint density at radius 3 is 2.77 bits per heavy atom. The molecule has 8 heteroatoms. The minimum atomic E-state index is 0.272. The van der Waals surface area contributed by atoms with Gasteiger partial charge in [-0.3, -0.25) is 4.79 Å². The summed E-state index contributed by atoms with van der Waals surface area (Å²) in [6.45, 7) is 5.05. The van der Waals surface area contributed by atoms with Crippen LogP contribution in [0.25, 0.3) is 22.1 Å². The Bertz CT molecular complexity index is 1010. The van der Waals surface area contributed by atoms with Crippen LogP contribution in [0.4, 0.5) is 5.82 Å². The number of H-pyrrole nitrogens is 1. The van der Waals surface area contributed by atoms with Crippen LogP contribution in [-0.4, -0.2) is 57.0 Å². The second-order valence-corrected chi connectivity index (χ2v) is 8.09. The Labute approximate surface area is 176 Å². The molecule has 160 valence electrons. The van der Waals surface area contributed by atoms with E-state index in [2.05, 4.69) is 32.9 Å². The highest BCUT2D eigenvalue weighted by molar-refractivity contribution is 6.03. The van der Waals surface area contributed by atoms with Gasteiger partial charge in [0.2, 0.25) is 5.91 Å². The first-order valence-corrected chi connectivity index (χ1v) is 10.9. The molecule has 30 heavy (non-hydrogen) atoms. The monoisotopic (exact) mass is 410 g/mol. The first-order valence-electron chi connectivity index (χ1n) is 10.9. The average molecular weight is 411 g/mol. The van der Waals surface area contributed by atoms with Crippen LogP contribution in [0.5, 0.6) is 0 Å². The van der Waals surface area contributed by atoms with E-state index in [1.165, 1.54) is 12.0 Å². The number of hydrogen-bond acceptors (Lipinski definition) is 6. The van der Waals surface area contributed by atoms with E-state index in [4.69, 9.17) is 10.5 Å². The van der Waals surface area contributed by atoms with Gasteiger partial charge in [-0.25, -0.2) is 15.0 Å². The lowest BCUT2D eigenvalue weighted by Gasteiger charge is -2.26. The van der Waals surface area contributed by atoms with Crippen LogP contribution in [0, 0.1) is 0 Å². The zero-order valence-corrected chi connectivity index (χ0v) is 17.6. The molecule has 0 radical (unpaired) electrons. The molecule has 1 saturated heterocycles. The van der Waals surface area contributed by atoms with Crippen LogP contribution >= 0.6 is 0 Å². The third kappa shape index (κ3) is 4.53. The van der Waals surface area contributed by atoms with E-state index in [1.54, 1.807) is 0 Å². The fourth-order valence-corrected chi connectivity index (χ4v) is 4.09. The molecule has 8 nitrogen and oxygen atoms in total. The molecule has 4 heterocycles. The fraction of sp³-hybridized carbons (Fsp3) is 0.545. The van der Waals surface area contributed by atoms with Crippen molar-refractivity contribution in [3.63, 3.8) is 0 Å². The van der Waals surface area contributed by atoms with E-state index >= 15 is 0 Å². The number of imidazole rings is 1. The number of nitrogens with one attached hydrogen (secondary N) is 1. The van der Waals surface area contributed by atoms with Gasteiger partial charge < -0.3 is 20.4 Å². The number of amides is 1. The summed E-state index contributed by atoms with van der Waals surface area (Å²) >= 11 is 0. The molecule has 1 atom stereocenters. The van der Waals surface area contributed by atoms with Crippen LogP contribution in [-0.2, 0) is 9.53 Å². The number of nitrogens with zero attached hydrogens (tertiary/aromatic N) is 4. The van der Waals surface area contributed by atoms with Gasteiger partial charge in [0.05, 0.1) is 24.2 Å². The molecule has 1 aliphatic rings. The summed E-state index contributed by atoms with van der Waals surface area (Å²) < 4.78 is 5.30. The molecule has 1 amide bonds. The Balaban J connectivity index is 1.25. The molecule has 1 fully saturated rings. The summed E-state index contributed by atoms with van der Waals surface area (Å²) in [5.74, 6) is 1.09. The Hall–Kier alpha value is -2.74. The molecule has 0 bridgehead atoms. The molecule has 3 N–H and O–H groups in total. The maximum Gasteiger partial charge on any atom is 0.222 e. The zero-order chi connectivity index (χ0) is 20.9. The highest BCUT2D eigenvalue weighted by Gasteiger charge is 2.16. The molecular weight excluding hydrogens is 380 g/mol. The van der Waals surface area contributed by atoms with E-state index in [-0.39, 0.29) is 5.91 Å². The molecule has 0 aliphatic carbocycles. The van der Waals surface area contributed by atoms with Gasteiger partial charge in [0, 0.05) is 25.2 Å². The molecule has 3 aromatic rings. The second-order valence-electron chi connectivity index (χ2n) is 8.09. The van der Waals surface area contributed by atoms with Gasteiger partial charge in [0.25, 0.3) is 0 Å². The van der Waals surface area contributed by atoms with Crippen molar-refractivity contribution in [2.45, 2.75) is 51.4 Å². The van der Waals surface area contributed by atoms with Gasteiger partial charge in [-0.15, -0.1) is 0 Å². The molecule has 0 saturated carbocycles. The number of carbonyl (C=O) groups is 1. The number of unbranched alkanes of at least 4 members (excludes halogenated alkanes) is 3. The summed E-state index contributed by atoms with van der Waals surface area (Å²) in [5.41, 5.74) is 10.3.